The second-order valence-corrected chi connectivity index (χ2v) is 9.80. The second-order valence-electron chi connectivity index (χ2n) is 8.92. The number of carbonyl (C=O) groups is 3. The third kappa shape index (κ3) is 3.27. The van der Waals surface area contributed by atoms with E-state index in [4.69, 9.17) is 5.73 Å². The van der Waals surface area contributed by atoms with Gasteiger partial charge in [-0.1, -0.05) is 12.1 Å². The van der Waals surface area contributed by atoms with Crippen molar-refractivity contribution >= 4 is 46.7 Å². The first kappa shape index (κ1) is 22.1. The molecule has 0 saturated heterocycles. The standard InChI is InChI=1S/C25H22N2O6S/c1-10-17(34-9-27-10)5-3-11-2-4-15(28)20-14(11)7-12-6-13-8-16(29)21(25(26)33)24(32)19(13)22(30)18(12)23(20)31/h2-5,9,12-13,19,28,31-32H,6-8H2,1H3,(H2,26,33)/b5-3+. The number of hydrogen-bond donors (Lipinski definition) is 4. The molecule has 3 unspecified atom stereocenters. The van der Waals surface area contributed by atoms with Crippen molar-refractivity contribution in [2.75, 3.05) is 0 Å². The Morgan fingerprint density at radius 2 is 1.94 bits per heavy atom. The van der Waals surface area contributed by atoms with E-state index in [1.807, 2.05) is 19.1 Å². The molecule has 1 aromatic carbocycles. The molecule has 0 bridgehead atoms. The molecule has 0 spiro atoms. The number of Topliss-reactive ketones (excluding diaryl/α,β-unsaturated/α-hetero) is 2. The lowest BCUT2D eigenvalue weighted by Gasteiger charge is -2.41. The molecule has 0 radical (unpaired) electrons. The van der Waals surface area contributed by atoms with Gasteiger partial charge in [0.2, 0.25) is 0 Å². The first-order chi connectivity index (χ1) is 16.2. The van der Waals surface area contributed by atoms with Crippen LogP contribution in [0, 0.1) is 24.7 Å². The van der Waals surface area contributed by atoms with Crippen molar-refractivity contribution in [2.24, 2.45) is 23.5 Å². The number of phenolic OH excluding ortho intramolecular Hbond substituents is 1. The molecule has 9 heteroatoms. The number of aryl methyl sites for hydroxylation is 1. The van der Waals surface area contributed by atoms with Gasteiger partial charge < -0.3 is 21.1 Å². The van der Waals surface area contributed by atoms with E-state index in [0.717, 1.165) is 16.1 Å². The van der Waals surface area contributed by atoms with Crippen LogP contribution in [0.2, 0.25) is 0 Å². The Balaban J connectivity index is 1.61. The minimum Gasteiger partial charge on any atom is -0.511 e. The quantitative estimate of drug-likeness (QED) is 0.494. The van der Waals surface area contributed by atoms with Crippen LogP contribution in [0.4, 0.5) is 0 Å². The van der Waals surface area contributed by atoms with Gasteiger partial charge in [0.1, 0.15) is 22.8 Å². The maximum Gasteiger partial charge on any atom is 0.255 e. The summed E-state index contributed by atoms with van der Waals surface area (Å²) in [6.45, 7) is 1.91. The third-order valence-corrected chi connectivity index (χ3v) is 7.90. The van der Waals surface area contributed by atoms with Gasteiger partial charge in [-0.2, -0.15) is 0 Å². The molecule has 1 heterocycles. The van der Waals surface area contributed by atoms with E-state index >= 15 is 0 Å². The summed E-state index contributed by atoms with van der Waals surface area (Å²) in [6, 6.07) is 3.22. The van der Waals surface area contributed by atoms with Crippen molar-refractivity contribution in [1.29, 1.82) is 0 Å². The number of amides is 1. The minimum atomic E-state index is -1.12. The zero-order valence-corrected chi connectivity index (χ0v) is 19.1. The first-order valence-corrected chi connectivity index (χ1v) is 11.7. The summed E-state index contributed by atoms with van der Waals surface area (Å²) in [4.78, 5) is 42.8. The average Bonchev–Trinajstić information content (AvgIpc) is 3.17. The summed E-state index contributed by atoms with van der Waals surface area (Å²) < 4.78 is 0. The Bertz CT molecular complexity index is 1370. The van der Waals surface area contributed by atoms with Crippen LogP contribution in [0.3, 0.4) is 0 Å². The normalized spacial score (nSPS) is 24.3. The largest absolute Gasteiger partial charge is 0.511 e. The van der Waals surface area contributed by atoms with Crippen LogP contribution in [-0.4, -0.2) is 37.8 Å². The summed E-state index contributed by atoms with van der Waals surface area (Å²) in [6.07, 6.45) is 4.48. The van der Waals surface area contributed by atoms with Crippen LogP contribution in [0.5, 0.6) is 5.75 Å². The Morgan fingerprint density at radius 3 is 2.62 bits per heavy atom. The highest BCUT2D eigenvalue weighted by atomic mass is 32.1. The van der Waals surface area contributed by atoms with Crippen LogP contribution in [0.25, 0.3) is 17.9 Å². The number of nitrogens with two attached hydrogens (primary N) is 1. The molecule has 3 aliphatic rings. The van der Waals surface area contributed by atoms with E-state index in [-0.39, 0.29) is 29.1 Å². The first-order valence-electron chi connectivity index (χ1n) is 10.9. The number of primary amides is 1. The summed E-state index contributed by atoms with van der Waals surface area (Å²) in [5, 5.41) is 32.3. The van der Waals surface area contributed by atoms with E-state index in [2.05, 4.69) is 4.98 Å². The molecule has 0 aliphatic heterocycles. The molecule has 1 fully saturated rings. The minimum absolute atomic E-state index is 0.0758. The SMILES string of the molecule is Cc1ncsc1/C=C/c1ccc(O)c2c1CC1CC3CC(=O)C(C(N)=O)=C(O)C3C(=O)C1=C2O. The summed E-state index contributed by atoms with van der Waals surface area (Å²) >= 11 is 1.50. The number of aliphatic hydroxyl groups excluding tert-OH is 2. The van der Waals surface area contributed by atoms with Gasteiger partial charge >= 0.3 is 0 Å². The monoisotopic (exact) mass is 478 g/mol. The predicted octanol–water partition coefficient (Wildman–Crippen LogP) is 3.24. The van der Waals surface area contributed by atoms with Gasteiger partial charge in [-0.15, -0.1) is 11.3 Å². The maximum atomic E-state index is 13.4. The number of carbonyl (C=O) groups excluding carboxylic acids is 3. The number of fused-ring (bicyclic) bond motifs is 3. The maximum absolute atomic E-state index is 13.4. The van der Waals surface area contributed by atoms with Crippen molar-refractivity contribution in [1.82, 2.24) is 4.98 Å². The number of aliphatic hydroxyl groups is 2. The fourth-order valence-electron chi connectivity index (χ4n) is 5.46. The third-order valence-electron chi connectivity index (χ3n) is 7.00. The molecule has 5 N–H and O–H groups in total. The highest BCUT2D eigenvalue weighted by molar-refractivity contribution is 7.10. The number of nitrogens with zero attached hydrogens (tertiary/aromatic N) is 1. The molecule has 1 saturated carbocycles. The molecule has 3 atom stereocenters. The van der Waals surface area contributed by atoms with Gasteiger partial charge in [-0.3, -0.25) is 14.4 Å². The molecule has 1 amide bonds. The average molecular weight is 479 g/mol. The van der Waals surface area contributed by atoms with Crippen molar-refractivity contribution in [3.63, 3.8) is 0 Å². The zero-order valence-electron chi connectivity index (χ0n) is 18.2. The summed E-state index contributed by atoms with van der Waals surface area (Å²) in [5.41, 5.74) is 9.15. The lowest BCUT2D eigenvalue weighted by atomic mass is 9.61. The van der Waals surface area contributed by atoms with Gasteiger partial charge in [-0.25, -0.2) is 4.98 Å². The number of aromatic hydroxyl groups is 1. The van der Waals surface area contributed by atoms with E-state index in [9.17, 15) is 29.7 Å². The van der Waals surface area contributed by atoms with Crippen LogP contribution in [0.15, 0.2) is 34.5 Å². The number of allylic oxidation sites excluding steroid dienone is 2. The molecular formula is C25H22N2O6S. The molecule has 1 aromatic heterocycles. The lowest BCUT2D eigenvalue weighted by molar-refractivity contribution is -0.127. The van der Waals surface area contributed by atoms with Crippen molar-refractivity contribution < 1.29 is 29.7 Å². The molecule has 174 valence electrons. The highest BCUT2D eigenvalue weighted by Gasteiger charge is 2.50. The summed E-state index contributed by atoms with van der Waals surface area (Å²) in [5.74, 6) is -5.31. The lowest BCUT2D eigenvalue weighted by Crippen LogP contribution is -2.44. The highest BCUT2D eigenvalue weighted by Crippen LogP contribution is 2.50. The Kier molecular flexibility index (Phi) is 5.16. The Labute approximate surface area is 198 Å². The van der Waals surface area contributed by atoms with E-state index in [0.29, 0.717) is 18.4 Å². The molecule has 8 nitrogen and oxygen atoms in total. The van der Waals surface area contributed by atoms with Crippen molar-refractivity contribution in [3.8, 4) is 5.75 Å². The number of benzene rings is 1. The van der Waals surface area contributed by atoms with Gasteiger partial charge in [0.25, 0.3) is 5.91 Å². The fourth-order valence-corrected chi connectivity index (χ4v) is 6.15. The van der Waals surface area contributed by atoms with Crippen LogP contribution >= 0.6 is 11.3 Å². The molecule has 5 rings (SSSR count). The number of thiazole rings is 1. The van der Waals surface area contributed by atoms with Crippen molar-refractivity contribution in [2.45, 2.75) is 26.2 Å². The van der Waals surface area contributed by atoms with Gasteiger partial charge in [0.15, 0.2) is 11.6 Å². The van der Waals surface area contributed by atoms with E-state index < -0.39 is 46.6 Å². The number of ketones is 2. The number of hydrogen-bond acceptors (Lipinski definition) is 8. The van der Waals surface area contributed by atoms with E-state index in [1.54, 1.807) is 11.6 Å². The molecular weight excluding hydrogens is 456 g/mol. The van der Waals surface area contributed by atoms with Gasteiger partial charge in [-0.05, 0) is 54.9 Å². The van der Waals surface area contributed by atoms with Crippen LogP contribution in [0.1, 0.15) is 40.1 Å². The topological polar surface area (TPSA) is 151 Å². The number of rotatable bonds is 3. The molecule has 3 aliphatic carbocycles. The van der Waals surface area contributed by atoms with Crippen LogP contribution < -0.4 is 5.73 Å². The molecule has 2 aromatic rings. The fraction of sp³-hybridized carbons (Fsp3) is 0.280. The number of phenols is 1. The van der Waals surface area contributed by atoms with Gasteiger partial charge in [0, 0.05) is 16.9 Å². The zero-order chi connectivity index (χ0) is 24.3. The van der Waals surface area contributed by atoms with E-state index in [1.165, 1.54) is 17.4 Å². The number of aromatic nitrogens is 1. The Morgan fingerprint density at radius 1 is 1.18 bits per heavy atom. The summed E-state index contributed by atoms with van der Waals surface area (Å²) in [7, 11) is 0. The van der Waals surface area contributed by atoms with Crippen molar-refractivity contribution in [3.05, 3.63) is 61.8 Å². The smallest absolute Gasteiger partial charge is 0.255 e. The second kappa shape index (κ2) is 7.95. The predicted molar refractivity (Wildman–Crippen MR) is 126 cm³/mol. The van der Waals surface area contributed by atoms with Crippen LogP contribution in [-0.2, 0) is 20.8 Å². The Hall–Kier alpha value is -3.72. The molecule has 34 heavy (non-hydrogen) atoms. The van der Waals surface area contributed by atoms with Gasteiger partial charge in [0.05, 0.1) is 22.7 Å².